The van der Waals surface area contributed by atoms with Crippen molar-refractivity contribution in [3.8, 4) is 5.69 Å². The van der Waals surface area contributed by atoms with Crippen LogP contribution in [0, 0.1) is 13.8 Å². The maximum atomic E-state index is 12.1. The Morgan fingerprint density at radius 2 is 1.96 bits per heavy atom. The Morgan fingerprint density at radius 1 is 1.17 bits per heavy atom. The normalized spacial score (nSPS) is 11.0. The van der Waals surface area contributed by atoms with Gasteiger partial charge in [0.05, 0.1) is 29.0 Å². The first-order valence-corrected chi connectivity index (χ1v) is 7.29. The van der Waals surface area contributed by atoms with E-state index in [1.54, 1.807) is 24.5 Å². The van der Waals surface area contributed by atoms with Crippen molar-refractivity contribution in [2.24, 2.45) is 0 Å². The third-order valence-corrected chi connectivity index (χ3v) is 3.48. The van der Waals surface area contributed by atoms with Crippen LogP contribution in [0.4, 0.5) is 5.69 Å². The summed E-state index contributed by atoms with van der Waals surface area (Å²) in [6.45, 7) is 3.80. The molecule has 0 radical (unpaired) electrons. The van der Waals surface area contributed by atoms with E-state index in [1.807, 2.05) is 48.9 Å². The predicted molar refractivity (Wildman–Crippen MR) is 89.4 cm³/mol. The summed E-state index contributed by atoms with van der Waals surface area (Å²) in [5.41, 5.74) is 3.34. The van der Waals surface area contributed by atoms with E-state index < -0.39 is 0 Å². The summed E-state index contributed by atoms with van der Waals surface area (Å²) >= 11 is 0. The molecule has 2 heterocycles. The fraction of sp³-hybridized carbons (Fsp3) is 0.111. The molecule has 0 unspecified atom stereocenters. The quantitative estimate of drug-likeness (QED) is 0.747. The Balaban J connectivity index is 1.81. The van der Waals surface area contributed by atoms with E-state index in [-0.39, 0.29) is 5.91 Å². The molecule has 116 valence electrons. The van der Waals surface area contributed by atoms with Crippen LogP contribution in [0.15, 0.2) is 59.2 Å². The second kappa shape index (κ2) is 6.36. The number of amides is 1. The zero-order valence-electron chi connectivity index (χ0n) is 13.0. The van der Waals surface area contributed by atoms with Crippen LogP contribution in [-0.4, -0.2) is 15.7 Å². The highest BCUT2D eigenvalue weighted by Gasteiger charge is 2.14. The number of nitrogens with zero attached hydrogens (tertiary/aromatic N) is 2. The first-order valence-electron chi connectivity index (χ1n) is 7.29. The minimum atomic E-state index is -0.222. The van der Waals surface area contributed by atoms with Gasteiger partial charge in [-0.15, -0.1) is 0 Å². The summed E-state index contributed by atoms with van der Waals surface area (Å²) in [6, 6.07) is 13.4. The number of hydrogen-bond donors (Lipinski definition) is 1. The Hall–Kier alpha value is -3.08. The highest BCUT2D eigenvalue weighted by atomic mass is 16.3. The number of carbonyl (C=O) groups excluding carboxylic acids is 1. The maximum absolute atomic E-state index is 12.1. The van der Waals surface area contributed by atoms with Crippen molar-refractivity contribution in [3.63, 3.8) is 0 Å². The van der Waals surface area contributed by atoms with Crippen LogP contribution >= 0.6 is 0 Å². The summed E-state index contributed by atoms with van der Waals surface area (Å²) in [4.78, 5) is 12.1. The average molecular weight is 307 g/mol. The molecule has 1 amide bonds. The standard InChI is InChI=1S/C18H17N3O2/c1-13-18(19-17(22)11-10-16-9-6-12-23-16)14(2)21(20-13)15-7-4-3-5-8-15/h3-12H,1-2H3,(H,19,22)/b11-10+. The van der Waals surface area contributed by atoms with Crippen molar-refractivity contribution >= 4 is 17.7 Å². The number of aromatic nitrogens is 2. The van der Waals surface area contributed by atoms with Crippen molar-refractivity contribution < 1.29 is 9.21 Å². The molecule has 0 saturated heterocycles. The van der Waals surface area contributed by atoms with Crippen molar-refractivity contribution in [3.05, 3.63) is 72.0 Å². The number of benzene rings is 1. The van der Waals surface area contributed by atoms with Gasteiger partial charge in [0.1, 0.15) is 5.76 Å². The SMILES string of the molecule is Cc1nn(-c2ccccc2)c(C)c1NC(=O)/C=C/c1ccco1. The fourth-order valence-corrected chi connectivity index (χ4v) is 2.35. The van der Waals surface area contributed by atoms with E-state index >= 15 is 0 Å². The molecule has 0 atom stereocenters. The van der Waals surface area contributed by atoms with Crippen molar-refractivity contribution in [2.45, 2.75) is 13.8 Å². The first kappa shape index (κ1) is 14.8. The molecule has 1 aromatic carbocycles. The lowest BCUT2D eigenvalue weighted by atomic mass is 10.3. The Bertz CT molecular complexity index is 831. The molecule has 3 rings (SSSR count). The molecule has 0 aliphatic rings. The molecule has 5 heteroatoms. The first-order chi connectivity index (χ1) is 11.1. The summed E-state index contributed by atoms with van der Waals surface area (Å²) in [7, 11) is 0. The van der Waals surface area contributed by atoms with Crippen molar-refractivity contribution in [2.75, 3.05) is 5.32 Å². The Labute approximate surface area is 134 Å². The van der Waals surface area contributed by atoms with E-state index in [2.05, 4.69) is 10.4 Å². The van der Waals surface area contributed by atoms with Gasteiger partial charge in [0.15, 0.2) is 0 Å². The number of anilines is 1. The van der Waals surface area contributed by atoms with Gasteiger partial charge < -0.3 is 9.73 Å². The summed E-state index contributed by atoms with van der Waals surface area (Å²) in [5.74, 6) is 0.411. The lowest BCUT2D eigenvalue weighted by Gasteiger charge is -2.05. The van der Waals surface area contributed by atoms with Gasteiger partial charge in [0.25, 0.3) is 0 Å². The molecule has 3 aromatic rings. The maximum Gasteiger partial charge on any atom is 0.248 e. The summed E-state index contributed by atoms with van der Waals surface area (Å²) in [5, 5.41) is 7.38. The molecule has 0 saturated carbocycles. The number of furan rings is 1. The second-order valence-electron chi connectivity index (χ2n) is 5.13. The molecule has 0 aliphatic heterocycles. The molecule has 23 heavy (non-hydrogen) atoms. The van der Waals surface area contributed by atoms with E-state index in [0.717, 1.165) is 22.8 Å². The van der Waals surface area contributed by atoms with Crippen LogP contribution in [0.5, 0.6) is 0 Å². The van der Waals surface area contributed by atoms with Gasteiger partial charge in [0, 0.05) is 6.08 Å². The molecular formula is C18H17N3O2. The van der Waals surface area contributed by atoms with Crippen LogP contribution in [0.1, 0.15) is 17.1 Å². The molecule has 0 bridgehead atoms. The van der Waals surface area contributed by atoms with Crippen molar-refractivity contribution in [1.82, 2.24) is 9.78 Å². The average Bonchev–Trinajstić information content (AvgIpc) is 3.17. The number of para-hydroxylation sites is 1. The van der Waals surface area contributed by atoms with Crippen LogP contribution in [-0.2, 0) is 4.79 Å². The Kier molecular flexibility index (Phi) is 4.10. The number of hydrogen-bond acceptors (Lipinski definition) is 3. The molecule has 1 N–H and O–H groups in total. The molecular weight excluding hydrogens is 290 g/mol. The minimum Gasteiger partial charge on any atom is -0.465 e. The minimum absolute atomic E-state index is 0.222. The zero-order chi connectivity index (χ0) is 16.2. The Morgan fingerprint density at radius 3 is 2.65 bits per heavy atom. The zero-order valence-corrected chi connectivity index (χ0v) is 13.0. The molecule has 0 aliphatic carbocycles. The van der Waals surface area contributed by atoms with E-state index in [1.165, 1.54) is 6.08 Å². The van der Waals surface area contributed by atoms with Gasteiger partial charge in [-0.25, -0.2) is 4.68 Å². The predicted octanol–water partition coefficient (Wildman–Crippen LogP) is 3.73. The summed E-state index contributed by atoms with van der Waals surface area (Å²) < 4.78 is 6.98. The van der Waals surface area contributed by atoms with Gasteiger partial charge in [-0.1, -0.05) is 18.2 Å². The van der Waals surface area contributed by atoms with Gasteiger partial charge in [-0.3, -0.25) is 4.79 Å². The second-order valence-corrected chi connectivity index (χ2v) is 5.13. The molecule has 5 nitrogen and oxygen atoms in total. The fourth-order valence-electron chi connectivity index (χ4n) is 2.35. The molecule has 0 spiro atoms. The third-order valence-electron chi connectivity index (χ3n) is 3.48. The van der Waals surface area contributed by atoms with E-state index in [4.69, 9.17) is 4.42 Å². The van der Waals surface area contributed by atoms with Gasteiger partial charge in [-0.2, -0.15) is 5.10 Å². The highest BCUT2D eigenvalue weighted by Crippen LogP contribution is 2.22. The van der Waals surface area contributed by atoms with E-state index in [9.17, 15) is 4.79 Å². The largest absolute Gasteiger partial charge is 0.465 e. The number of nitrogens with one attached hydrogen (secondary N) is 1. The van der Waals surface area contributed by atoms with Gasteiger partial charge >= 0.3 is 0 Å². The summed E-state index contributed by atoms with van der Waals surface area (Å²) in [6.07, 6.45) is 4.63. The lowest BCUT2D eigenvalue weighted by molar-refractivity contribution is -0.111. The number of carbonyl (C=O) groups is 1. The van der Waals surface area contributed by atoms with E-state index in [0.29, 0.717) is 5.76 Å². The van der Waals surface area contributed by atoms with Gasteiger partial charge in [-0.05, 0) is 44.2 Å². The van der Waals surface area contributed by atoms with Crippen molar-refractivity contribution in [1.29, 1.82) is 0 Å². The van der Waals surface area contributed by atoms with Crippen LogP contribution in [0.2, 0.25) is 0 Å². The topological polar surface area (TPSA) is 60.1 Å². The number of rotatable bonds is 4. The van der Waals surface area contributed by atoms with Crippen LogP contribution in [0.25, 0.3) is 11.8 Å². The smallest absolute Gasteiger partial charge is 0.248 e. The molecule has 2 aromatic heterocycles. The number of aryl methyl sites for hydroxylation is 1. The van der Waals surface area contributed by atoms with Crippen LogP contribution in [0.3, 0.4) is 0 Å². The third kappa shape index (κ3) is 3.23. The highest BCUT2D eigenvalue weighted by molar-refractivity contribution is 6.02. The van der Waals surface area contributed by atoms with Gasteiger partial charge in [0.2, 0.25) is 5.91 Å². The monoisotopic (exact) mass is 307 g/mol. The van der Waals surface area contributed by atoms with Crippen LogP contribution < -0.4 is 5.32 Å². The lowest BCUT2D eigenvalue weighted by Crippen LogP contribution is -2.09. The molecule has 0 fully saturated rings.